The lowest BCUT2D eigenvalue weighted by Gasteiger charge is -2.11. The van der Waals surface area contributed by atoms with E-state index in [0.29, 0.717) is 27.7 Å². The molecule has 0 amide bonds. The van der Waals surface area contributed by atoms with Gasteiger partial charge in [0.25, 0.3) is 5.56 Å². The number of nitrogens with zero attached hydrogens (tertiary/aromatic N) is 5. The molecule has 2 atom stereocenters. The molecular weight excluding hydrogens is 460 g/mol. The van der Waals surface area contributed by atoms with Crippen LogP contribution in [0.5, 0.6) is 0 Å². The van der Waals surface area contributed by atoms with Crippen LogP contribution in [0, 0.1) is 18.8 Å². The van der Waals surface area contributed by atoms with E-state index in [0.717, 1.165) is 34.2 Å². The lowest BCUT2D eigenvalue weighted by Crippen LogP contribution is -2.20. The minimum Gasteiger partial charge on any atom is -0.357 e. The summed E-state index contributed by atoms with van der Waals surface area (Å²) in [6, 6.07) is 13.2. The van der Waals surface area contributed by atoms with Gasteiger partial charge >= 0.3 is 0 Å². The summed E-state index contributed by atoms with van der Waals surface area (Å²) in [6.07, 6.45) is 3.22. The van der Waals surface area contributed by atoms with Gasteiger partial charge in [-0.25, -0.2) is 4.98 Å². The summed E-state index contributed by atoms with van der Waals surface area (Å²) >= 11 is 6.56. The molecule has 2 aliphatic rings. The predicted octanol–water partition coefficient (Wildman–Crippen LogP) is 4.63. The van der Waals surface area contributed by atoms with E-state index in [1.54, 1.807) is 26.4 Å². The first-order chi connectivity index (χ1) is 16.8. The van der Waals surface area contributed by atoms with Crippen LogP contribution >= 0.6 is 11.6 Å². The maximum atomic E-state index is 12.9. The van der Waals surface area contributed by atoms with E-state index in [9.17, 15) is 4.79 Å². The second-order valence-electron chi connectivity index (χ2n) is 9.48. The van der Waals surface area contributed by atoms with Crippen molar-refractivity contribution in [3.63, 3.8) is 0 Å². The topological polar surface area (TPSA) is 75.9 Å². The number of halogens is 1. The van der Waals surface area contributed by atoms with Crippen molar-refractivity contribution in [2.24, 2.45) is 18.9 Å². The SMILES string of the molecule is CN1CC2CC2C1.CNc1ncc2cc(-c3ccc(-c4cccc(C)n4)cc3Cl)c(=O)n(C)c2n1. The predicted molar refractivity (Wildman–Crippen MR) is 142 cm³/mol. The van der Waals surface area contributed by atoms with E-state index >= 15 is 0 Å². The number of aryl methyl sites for hydroxylation is 2. The number of nitrogens with one attached hydrogen (secondary N) is 1. The fourth-order valence-corrected chi connectivity index (χ4v) is 5.07. The third-order valence-electron chi connectivity index (χ3n) is 6.78. The van der Waals surface area contributed by atoms with Gasteiger partial charge in [-0.1, -0.05) is 29.8 Å². The smallest absolute Gasteiger partial charge is 0.259 e. The second kappa shape index (κ2) is 9.40. The Morgan fingerprint density at radius 2 is 1.80 bits per heavy atom. The summed E-state index contributed by atoms with van der Waals surface area (Å²) in [5, 5.41) is 4.13. The minimum absolute atomic E-state index is 0.170. The first kappa shape index (κ1) is 23.5. The molecule has 0 radical (unpaired) electrons. The Kier molecular flexibility index (Phi) is 6.30. The molecule has 0 spiro atoms. The van der Waals surface area contributed by atoms with Crippen LogP contribution in [-0.2, 0) is 7.05 Å². The number of hydrogen-bond acceptors (Lipinski definition) is 6. The van der Waals surface area contributed by atoms with E-state index in [1.165, 1.54) is 24.1 Å². The average molecular weight is 489 g/mol. The monoisotopic (exact) mass is 488 g/mol. The molecule has 4 aromatic rings. The highest BCUT2D eigenvalue weighted by Gasteiger charge is 2.43. The van der Waals surface area contributed by atoms with Gasteiger partial charge < -0.3 is 10.2 Å². The Morgan fingerprint density at radius 1 is 1.03 bits per heavy atom. The summed E-state index contributed by atoms with van der Waals surface area (Å²) in [4.78, 5) is 28.5. The van der Waals surface area contributed by atoms with E-state index < -0.39 is 0 Å². The van der Waals surface area contributed by atoms with Crippen LogP contribution in [0.2, 0.25) is 5.02 Å². The Morgan fingerprint density at radius 3 is 2.43 bits per heavy atom. The van der Waals surface area contributed by atoms with Crippen LogP contribution in [0.1, 0.15) is 12.1 Å². The largest absolute Gasteiger partial charge is 0.357 e. The van der Waals surface area contributed by atoms with Crippen molar-refractivity contribution in [2.45, 2.75) is 13.3 Å². The van der Waals surface area contributed by atoms with Gasteiger partial charge in [0.05, 0.1) is 5.69 Å². The van der Waals surface area contributed by atoms with Crippen molar-refractivity contribution in [2.75, 3.05) is 32.5 Å². The van der Waals surface area contributed by atoms with Crippen molar-refractivity contribution in [1.82, 2.24) is 24.4 Å². The number of anilines is 1. The van der Waals surface area contributed by atoms with Crippen LogP contribution in [0.3, 0.4) is 0 Å². The fraction of sp³-hybridized carbons (Fsp3) is 0.333. The maximum Gasteiger partial charge on any atom is 0.259 e. The molecule has 1 aliphatic heterocycles. The highest BCUT2D eigenvalue weighted by atomic mass is 35.5. The molecule has 7 nitrogen and oxygen atoms in total. The van der Waals surface area contributed by atoms with Gasteiger partial charge in [-0.2, -0.15) is 4.98 Å². The molecule has 6 rings (SSSR count). The zero-order valence-corrected chi connectivity index (χ0v) is 21.2. The molecule has 8 heteroatoms. The molecule has 1 N–H and O–H groups in total. The quantitative estimate of drug-likeness (QED) is 0.453. The van der Waals surface area contributed by atoms with Crippen LogP contribution in [0.25, 0.3) is 33.4 Å². The molecule has 1 saturated carbocycles. The number of fused-ring (bicyclic) bond motifs is 2. The van der Waals surface area contributed by atoms with E-state index in [4.69, 9.17) is 11.6 Å². The van der Waals surface area contributed by atoms with Crippen LogP contribution in [0.4, 0.5) is 5.95 Å². The number of aromatic nitrogens is 4. The number of likely N-dealkylation sites (tertiary alicyclic amines) is 1. The number of piperidine rings is 1. The molecule has 0 bridgehead atoms. The summed E-state index contributed by atoms with van der Waals surface area (Å²) in [5.41, 5.74) is 4.23. The highest BCUT2D eigenvalue weighted by Crippen LogP contribution is 2.44. The summed E-state index contributed by atoms with van der Waals surface area (Å²) in [5.74, 6) is 2.69. The van der Waals surface area contributed by atoms with Crippen molar-refractivity contribution < 1.29 is 0 Å². The number of pyridine rings is 2. The summed E-state index contributed by atoms with van der Waals surface area (Å²) in [6.45, 7) is 4.70. The molecule has 2 unspecified atom stereocenters. The normalized spacial score (nSPS) is 18.7. The van der Waals surface area contributed by atoms with Gasteiger partial charge in [-0.05, 0) is 56.5 Å². The standard InChI is InChI=1S/C21H18ClN5O.C6H11N/c1-12-5-4-6-18(25-12)13-7-8-15(17(22)10-13)16-9-14-11-24-21(23-2)26-19(14)27(3)20(16)28;1-7-3-5-2-6(5)4-7/h4-11H,1-3H3,(H,23,24,26);5-6H,2-4H2,1H3. The third kappa shape index (κ3) is 4.79. The molecule has 2 fully saturated rings. The maximum absolute atomic E-state index is 12.9. The number of rotatable bonds is 3. The van der Waals surface area contributed by atoms with Crippen molar-refractivity contribution >= 4 is 28.6 Å². The second-order valence-corrected chi connectivity index (χ2v) is 9.89. The van der Waals surface area contributed by atoms with Crippen molar-refractivity contribution in [3.05, 3.63) is 69.7 Å². The Labute approximate surface area is 209 Å². The molecule has 180 valence electrons. The molecule has 1 saturated heterocycles. The zero-order chi connectivity index (χ0) is 24.7. The number of hydrogen-bond donors (Lipinski definition) is 1. The van der Waals surface area contributed by atoms with E-state index in [-0.39, 0.29) is 5.56 Å². The van der Waals surface area contributed by atoms with Crippen molar-refractivity contribution in [1.29, 1.82) is 0 Å². The van der Waals surface area contributed by atoms with Crippen LogP contribution in [0.15, 0.2) is 53.5 Å². The fourth-order valence-electron chi connectivity index (χ4n) is 4.79. The first-order valence-electron chi connectivity index (χ1n) is 11.8. The number of benzene rings is 1. The zero-order valence-electron chi connectivity index (χ0n) is 20.4. The van der Waals surface area contributed by atoms with E-state index in [2.05, 4.69) is 32.2 Å². The first-order valence-corrected chi connectivity index (χ1v) is 12.2. The highest BCUT2D eigenvalue weighted by molar-refractivity contribution is 6.33. The Hall–Kier alpha value is -3.29. The minimum atomic E-state index is -0.170. The Bertz CT molecular complexity index is 1460. The van der Waals surface area contributed by atoms with Gasteiger partial charge in [0, 0.05) is 66.2 Å². The van der Waals surface area contributed by atoms with Gasteiger partial charge in [0.1, 0.15) is 5.65 Å². The van der Waals surface area contributed by atoms with Gasteiger partial charge in [0.2, 0.25) is 5.95 Å². The summed E-state index contributed by atoms with van der Waals surface area (Å²) < 4.78 is 1.51. The van der Waals surface area contributed by atoms with E-state index in [1.807, 2.05) is 43.3 Å². The molecule has 1 aromatic carbocycles. The molecule has 3 aromatic heterocycles. The molecule has 4 heterocycles. The van der Waals surface area contributed by atoms with Gasteiger partial charge in [-0.3, -0.25) is 14.3 Å². The molecule has 35 heavy (non-hydrogen) atoms. The van der Waals surface area contributed by atoms with Crippen molar-refractivity contribution in [3.8, 4) is 22.4 Å². The van der Waals surface area contributed by atoms with Crippen LogP contribution in [-0.4, -0.2) is 51.6 Å². The molecule has 1 aliphatic carbocycles. The van der Waals surface area contributed by atoms with Gasteiger partial charge in [0.15, 0.2) is 0 Å². The lowest BCUT2D eigenvalue weighted by molar-refractivity contribution is 0.373. The molecular formula is C27H29ClN6O. The lowest BCUT2D eigenvalue weighted by atomic mass is 10.0. The summed E-state index contributed by atoms with van der Waals surface area (Å²) in [7, 11) is 5.64. The van der Waals surface area contributed by atoms with Crippen LogP contribution < -0.4 is 10.9 Å². The average Bonchev–Trinajstić information content (AvgIpc) is 3.47. The Balaban J connectivity index is 0.000000306. The van der Waals surface area contributed by atoms with Gasteiger partial charge in [-0.15, -0.1) is 0 Å². The third-order valence-corrected chi connectivity index (χ3v) is 7.09.